The molecule has 1 aromatic rings. The second-order valence-electron chi connectivity index (χ2n) is 11.4. The van der Waals surface area contributed by atoms with E-state index in [2.05, 4.69) is 20.9 Å². The van der Waals surface area contributed by atoms with E-state index in [1.807, 2.05) is 0 Å². The van der Waals surface area contributed by atoms with E-state index in [0.29, 0.717) is 49.2 Å². The van der Waals surface area contributed by atoms with E-state index in [0.717, 1.165) is 55.8 Å². The number of nitrogens with one attached hydrogen (secondary N) is 3. The van der Waals surface area contributed by atoms with E-state index in [9.17, 15) is 19.5 Å². The summed E-state index contributed by atoms with van der Waals surface area (Å²) in [4.78, 5) is 38.0. The number of carbonyl (C=O) groups excluding carboxylic acids is 3. The summed E-state index contributed by atoms with van der Waals surface area (Å²) in [7, 11) is 0. The summed E-state index contributed by atoms with van der Waals surface area (Å²) >= 11 is 0. The molecule has 194 valence electrons. The number of nitrogens with zero attached hydrogens (tertiary/aromatic N) is 1. The molecule has 0 radical (unpaired) electrons. The van der Waals surface area contributed by atoms with Crippen LogP contribution in [0, 0.1) is 11.8 Å². The topological polar surface area (TPSA) is 120 Å². The Kier molecular flexibility index (Phi) is 5.85. The van der Waals surface area contributed by atoms with Crippen molar-refractivity contribution in [2.45, 2.75) is 81.9 Å². The van der Waals surface area contributed by atoms with Gasteiger partial charge in [-0.15, -0.1) is 0 Å². The first kappa shape index (κ1) is 23.6. The van der Waals surface area contributed by atoms with Crippen LogP contribution in [0.2, 0.25) is 0 Å². The van der Waals surface area contributed by atoms with Gasteiger partial charge in [0.05, 0.1) is 11.7 Å². The summed E-state index contributed by atoms with van der Waals surface area (Å²) in [6, 6.07) is 1.83. The van der Waals surface area contributed by atoms with Crippen molar-refractivity contribution < 1.29 is 24.2 Å². The highest BCUT2D eigenvalue weighted by Crippen LogP contribution is 2.65. The number of piperidine rings is 1. The first-order valence-electron chi connectivity index (χ1n) is 13.5. The lowest BCUT2D eigenvalue weighted by molar-refractivity contribution is -0.125. The van der Waals surface area contributed by atoms with Crippen LogP contribution in [0.15, 0.2) is 6.07 Å². The van der Waals surface area contributed by atoms with Crippen molar-refractivity contribution in [3.8, 4) is 11.5 Å². The molecule has 1 saturated heterocycles. The molecule has 9 nitrogen and oxygen atoms in total. The van der Waals surface area contributed by atoms with Crippen molar-refractivity contribution in [1.82, 2.24) is 15.5 Å². The third-order valence-corrected chi connectivity index (χ3v) is 9.26. The number of aromatic hydroxyl groups is 1. The van der Waals surface area contributed by atoms with Gasteiger partial charge in [-0.1, -0.05) is 0 Å². The highest BCUT2D eigenvalue weighted by molar-refractivity contribution is 5.81. The minimum Gasteiger partial charge on any atom is -0.508 e. The molecule has 2 heterocycles. The Bertz CT molecular complexity index is 1090. The predicted octanol–water partition coefficient (Wildman–Crippen LogP) is 1.81. The predicted molar refractivity (Wildman–Crippen MR) is 133 cm³/mol. The number of rotatable bonds is 9. The molecule has 36 heavy (non-hydrogen) atoms. The van der Waals surface area contributed by atoms with Gasteiger partial charge >= 0.3 is 0 Å². The number of likely N-dealkylation sites (tertiary alicyclic amines) is 1. The van der Waals surface area contributed by atoms with Crippen molar-refractivity contribution in [2.75, 3.05) is 25.0 Å². The average Bonchev–Trinajstić information content (AvgIpc) is 3.59. The maximum absolute atomic E-state index is 12.9. The fraction of sp³-hybridized carbons (Fsp3) is 0.667. The molecule has 0 unspecified atom stereocenters. The first-order valence-corrected chi connectivity index (χ1v) is 13.5. The zero-order valence-corrected chi connectivity index (χ0v) is 20.8. The van der Waals surface area contributed by atoms with Gasteiger partial charge in [0, 0.05) is 55.1 Å². The van der Waals surface area contributed by atoms with E-state index in [-0.39, 0.29) is 35.1 Å². The van der Waals surface area contributed by atoms with Crippen LogP contribution in [-0.2, 0) is 26.2 Å². The van der Waals surface area contributed by atoms with Gasteiger partial charge in [-0.3, -0.25) is 19.3 Å². The van der Waals surface area contributed by atoms with Crippen molar-refractivity contribution in [3.63, 3.8) is 0 Å². The molecule has 3 amide bonds. The van der Waals surface area contributed by atoms with Crippen molar-refractivity contribution in [2.24, 2.45) is 11.8 Å². The van der Waals surface area contributed by atoms with Gasteiger partial charge in [-0.05, 0) is 63.3 Å². The average molecular weight is 497 g/mol. The molecule has 1 aromatic carbocycles. The number of ether oxygens (including phenoxy) is 1. The van der Waals surface area contributed by atoms with Crippen molar-refractivity contribution in [1.29, 1.82) is 0 Å². The number of benzene rings is 1. The number of amides is 3. The zero-order valence-electron chi connectivity index (χ0n) is 20.8. The second kappa shape index (κ2) is 8.94. The number of carbonyl (C=O) groups is 3. The Morgan fingerprint density at radius 2 is 2.11 bits per heavy atom. The molecule has 9 heteroatoms. The van der Waals surface area contributed by atoms with Crippen molar-refractivity contribution in [3.05, 3.63) is 17.2 Å². The molecule has 2 saturated carbocycles. The Labute approximate surface area is 211 Å². The van der Waals surface area contributed by atoms with Gasteiger partial charge in [0.15, 0.2) is 0 Å². The van der Waals surface area contributed by atoms with Gasteiger partial charge < -0.3 is 25.8 Å². The standard InChI is InChI=1S/C27H36N4O5/c1-15(33)28-9-2-3-23(35)30-19-7-6-18-21-11-17-22(34)12-20(29-14-32)25-24(17)27(18,26(19)36-25)8-10-31(21)13-16-4-5-16/h12,14,16,18-19,21,26,34H,2-11,13H2,1H3,(H,28,33)(H,29,32)(H,30,35)/t18-,19+,21+,26-,27-/m0/s1. The van der Waals surface area contributed by atoms with Crippen molar-refractivity contribution >= 4 is 23.9 Å². The van der Waals surface area contributed by atoms with Crippen LogP contribution in [0.4, 0.5) is 5.69 Å². The molecule has 3 aliphatic carbocycles. The largest absolute Gasteiger partial charge is 0.508 e. The Hall–Kier alpha value is -2.81. The molecule has 2 aliphatic heterocycles. The molecule has 0 aromatic heterocycles. The van der Waals surface area contributed by atoms with Crippen LogP contribution in [0.1, 0.15) is 63.0 Å². The van der Waals surface area contributed by atoms with Crippen LogP contribution in [0.3, 0.4) is 0 Å². The van der Waals surface area contributed by atoms with Crippen LogP contribution < -0.4 is 20.7 Å². The van der Waals surface area contributed by atoms with Crippen LogP contribution in [-0.4, -0.2) is 66.1 Å². The molecular weight excluding hydrogens is 460 g/mol. The second-order valence-corrected chi connectivity index (χ2v) is 11.4. The zero-order chi connectivity index (χ0) is 25.0. The Morgan fingerprint density at radius 3 is 2.86 bits per heavy atom. The number of hydrogen-bond acceptors (Lipinski definition) is 6. The summed E-state index contributed by atoms with van der Waals surface area (Å²) in [6.45, 7) is 4.07. The fourth-order valence-corrected chi connectivity index (χ4v) is 7.68. The third kappa shape index (κ3) is 3.74. The highest BCUT2D eigenvalue weighted by atomic mass is 16.5. The smallest absolute Gasteiger partial charge is 0.220 e. The molecular formula is C27H36N4O5. The lowest BCUT2D eigenvalue weighted by atomic mass is 9.51. The summed E-state index contributed by atoms with van der Waals surface area (Å²) in [6.07, 6.45) is 7.49. The van der Waals surface area contributed by atoms with Gasteiger partial charge in [-0.25, -0.2) is 0 Å². The number of hydrogen-bond donors (Lipinski definition) is 4. The minimum absolute atomic E-state index is 0.0346. The van der Waals surface area contributed by atoms with Crippen LogP contribution >= 0.6 is 0 Å². The van der Waals surface area contributed by atoms with E-state index in [1.165, 1.54) is 19.8 Å². The van der Waals surface area contributed by atoms with Gasteiger partial charge in [-0.2, -0.15) is 0 Å². The first-order chi connectivity index (χ1) is 17.4. The molecule has 5 aliphatic rings. The lowest BCUT2D eigenvalue weighted by Crippen LogP contribution is -2.69. The Balaban J connectivity index is 1.31. The molecule has 2 bridgehead atoms. The summed E-state index contributed by atoms with van der Waals surface area (Å²) < 4.78 is 6.69. The fourth-order valence-electron chi connectivity index (χ4n) is 7.68. The minimum atomic E-state index is -0.280. The number of phenolic OH excluding ortho intramolecular Hbond substituents is 1. The van der Waals surface area contributed by atoms with E-state index >= 15 is 0 Å². The van der Waals surface area contributed by atoms with E-state index < -0.39 is 0 Å². The van der Waals surface area contributed by atoms with Crippen LogP contribution in [0.25, 0.3) is 0 Å². The SMILES string of the molecule is CC(=O)NCCCC(=O)N[C@@H]1CC[C@H]2[C@H]3Cc4c(O)cc(NC=O)c5c4[C@@]2(CCN3CC2CC2)[C@H]1O5. The van der Waals surface area contributed by atoms with Crippen LogP contribution in [0.5, 0.6) is 11.5 Å². The molecule has 4 N–H and O–H groups in total. The quantitative estimate of drug-likeness (QED) is 0.306. The lowest BCUT2D eigenvalue weighted by Gasteiger charge is -2.59. The molecule has 5 atom stereocenters. The summed E-state index contributed by atoms with van der Waals surface area (Å²) in [5.74, 6) is 1.96. The van der Waals surface area contributed by atoms with Gasteiger partial charge in [0.2, 0.25) is 18.2 Å². The Morgan fingerprint density at radius 1 is 1.28 bits per heavy atom. The van der Waals surface area contributed by atoms with Gasteiger partial charge in [0.1, 0.15) is 17.6 Å². The summed E-state index contributed by atoms with van der Waals surface area (Å²) in [5, 5.41) is 19.8. The van der Waals surface area contributed by atoms with E-state index in [1.54, 1.807) is 6.07 Å². The molecule has 1 spiro atoms. The molecule has 3 fully saturated rings. The highest BCUT2D eigenvalue weighted by Gasteiger charge is 2.66. The third-order valence-electron chi connectivity index (χ3n) is 9.26. The van der Waals surface area contributed by atoms with Gasteiger partial charge in [0.25, 0.3) is 0 Å². The maximum atomic E-state index is 12.9. The monoisotopic (exact) mass is 496 g/mol. The summed E-state index contributed by atoms with van der Waals surface area (Å²) in [5.41, 5.74) is 2.24. The molecule has 6 rings (SSSR count). The normalized spacial score (nSPS) is 31.7. The number of phenols is 1. The van der Waals surface area contributed by atoms with E-state index in [4.69, 9.17) is 4.74 Å². The maximum Gasteiger partial charge on any atom is 0.220 e. The number of anilines is 1.